The van der Waals surface area contributed by atoms with Crippen molar-refractivity contribution >= 4 is 11.9 Å². The second kappa shape index (κ2) is 44.1. The summed E-state index contributed by atoms with van der Waals surface area (Å²) < 4.78 is 65.7. The van der Waals surface area contributed by atoms with Crippen molar-refractivity contribution in [2.75, 3.05) is 145 Å². The maximum atomic E-state index is 11.5. The first-order chi connectivity index (χ1) is 28.6. The van der Waals surface area contributed by atoms with E-state index in [0.29, 0.717) is 145 Å². The lowest BCUT2D eigenvalue weighted by Gasteiger charge is -2.09. The molecule has 0 amide bonds. The summed E-state index contributed by atoms with van der Waals surface area (Å²) in [6.45, 7) is 12.3. The summed E-state index contributed by atoms with van der Waals surface area (Å²) in [5.74, 6) is -0.331. The number of carboxylic acids is 1. The Balaban J connectivity index is 1.68. The average molecular weight is 833 g/mol. The summed E-state index contributed by atoms with van der Waals surface area (Å²) in [6, 6.07) is 8.43. The van der Waals surface area contributed by atoms with Crippen LogP contribution in [0, 0.1) is 0 Å². The van der Waals surface area contributed by atoms with E-state index in [1.54, 1.807) is 0 Å². The van der Waals surface area contributed by atoms with Gasteiger partial charge in [-0.3, -0.25) is 9.59 Å². The summed E-state index contributed by atoms with van der Waals surface area (Å²) in [5, 5.41) is 8.57. The van der Waals surface area contributed by atoms with Crippen LogP contribution in [-0.2, 0) is 68.1 Å². The first-order valence-corrected chi connectivity index (χ1v) is 21.5. The van der Waals surface area contributed by atoms with Gasteiger partial charge in [0.1, 0.15) is 19.0 Å². The molecule has 0 aromatic heterocycles. The number of ether oxygens (including phenoxy) is 12. The smallest absolute Gasteiger partial charge is 0.305 e. The van der Waals surface area contributed by atoms with Gasteiger partial charge in [0.15, 0.2) is 0 Å². The van der Waals surface area contributed by atoms with Crippen LogP contribution in [0.3, 0.4) is 0 Å². The Morgan fingerprint density at radius 3 is 1.16 bits per heavy atom. The topological polar surface area (TPSA) is 165 Å². The highest BCUT2D eigenvalue weighted by molar-refractivity contribution is 5.69. The molecule has 58 heavy (non-hydrogen) atoms. The Kier molecular flexibility index (Phi) is 40.8. The summed E-state index contributed by atoms with van der Waals surface area (Å²) in [7, 11) is 0. The molecule has 0 aliphatic heterocycles. The van der Waals surface area contributed by atoms with Gasteiger partial charge in [-0.2, -0.15) is 0 Å². The fraction of sp³-hybridized carbons (Fsp3) is 0.814. The van der Waals surface area contributed by atoms with Crippen molar-refractivity contribution in [2.24, 2.45) is 0 Å². The molecule has 1 aromatic rings. The monoisotopic (exact) mass is 833 g/mol. The second-order valence-corrected chi connectivity index (χ2v) is 13.3. The first-order valence-electron chi connectivity index (χ1n) is 21.5. The van der Waals surface area contributed by atoms with Gasteiger partial charge in [-0.1, -0.05) is 57.6 Å². The average Bonchev–Trinajstić information content (AvgIpc) is 3.22. The molecule has 0 bridgehead atoms. The van der Waals surface area contributed by atoms with Crippen LogP contribution in [0.4, 0.5) is 0 Å². The van der Waals surface area contributed by atoms with Gasteiger partial charge < -0.3 is 61.9 Å². The maximum absolute atomic E-state index is 11.5. The Hall–Kier alpha value is -2.44. The van der Waals surface area contributed by atoms with E-state index in [4.69, 9.17) is 61.9 Å². The van der Waals surface area contributed by atoms with Gasteiger partial charge in [0.2, 0.25) is 0 Å². The number of aliphatic carboxylic acids is 1. The highest BCUT2D eigenvalue weighted by Crippen LogP contribution is 2.15. The lowest BCUT2D eigenvalue weighted by Crippen LogP contribution is -2.15. The number of rotatable bonds is 47. The molecule has 1 aromatic carbocycles. The Bertz CT molecular complexity index is 1010. The molecule has 15 heteroatoms. The fourth-order valence-corrected chi connectivity index (χ4v) is 5.17. The minimum atomic E-state index is -0.863. The molecule has 0 spiro atoms. The van der Waals surface area contributed by atoms with E-state index >= 15 is 0 Å². The summed E-state index contributed by atoms with van der Waals surface area (Å²) in [5.41, 5.74) is 1.37. The third kappa shape index (κ3) is 40.3. The molecule has 0 saturated carbocycles. The number of esters is 1. The molecular weight excluding hydrogens is 756 g/mol. The van der Waals surface area contributed by atoms with Crippen LogP contribution in [-0.4, -0.2) is 162 Å². The lowest BCUT2D eigenvalue weighted by molar-refractivity contribution is -0.146. The number of aryl methyl sites for hydroxylation is 1. The van der Waals surface area contributed by atoms with Gasteiger partial charge in [-0.25, -0.2) is 0 Å². The third-order valence-electron chi connectivity index (χ3n) is 8.35. The van der Waals surface area contributed by atoms with E-state index in [-0.39, 0.29) is 32.0 Å². The molecule has 0 aliphatic rings. The number of hydrogen-bond acceptors (Lipinski definition) is 14. The molecule has 0 aliphatic carbocycles. The number of carbonyl (C=O) groups excluding carboxylic acids is 1. The van der Waals surface area contributed by atoms with Gasteiger partial charge >= 0.3 is 11.9 Å². The Labute approximate surface area is 347 Å². The first kappa shape index (κ1) is 53.6. The number of hydrogen-bond donors (Lipinski definition) is 1. The van der Waals surface area contributed by atoms with Gasteiger partial charge in [0.25, 0.3) is 0 Å². The number of benzene rings is 1. The second-order valence-electron chi connectivity index (χ2n) is 13.3. The van der Waals surface area contributed by atoms with Crippen LogP contribution in [0.2, 0.25) is 0 Å². The zero-order chi connectivity index (χ0) is 41.7. The highest BCUT2D eigenvalue weighted by atomic mass is 16.6. The predicted octanol–water partition coefficient (Wildman–Crippen LogP) is 5.71. The van der Waals surface area contributed by atoms with Crippen molar-refractivity contribution in [1.82, 2.24) is 0 Å². The van der Waals surface area contributed by atoms with Crippen LogP contribution in [0.15, 0.2) is 24.3 Å². The van der Waals surface area contributed by atoms with Crippen molar-refractivity contribution in [3.05, 3.63) is 29.8 Å². The largest absolute Gasteiger partial charge is 0.491 e. The van der Waals surface area contributed by atoms with Gasteiger partial charge in [-0.05, 0) is 43.4 Å². The van der Waals surface area contributed by atoms with E-state index < -0.39 is 5.97 Å². The highest BCUT2D eigenvalue weighted by Gasteiger charge is 2.04. The number of carboxylic acid groups (broad SMARTS) is 1. The predicted molar refractivity (Wildman–Crippen MR) is 219 cm³/mol. The van der Waals surface area contributed by atoms with Crippen LogP contribution in [0.5, 0.6) is 5.75 Å². The molecule has 0 atom stereocenters. The minimum Gasteiger partial charge on any atom is -0.491 e. The van der Waals surface area contributed by atoms with E-state index in [1.165, 1.54) is 50.5 Å². The minimum absolute atomic E-state index is 0.0594. The van der Waals surface area contributed by atoms with Gasteiger partial charge in [0, 0.05) is 12.8 Å². The van der Waals surface area contributed by atoms with Crippen molar-refractivity contribution < 1.29 is 71.5 Å². The number of unbranched alkanes of at least 4 members (excludes halogenated alkanes) is 7. The fourth-order valence-electron chi connectivity index (χ4n) is 5.17. The van der Waals surface area contributed by atoms with E-state index in [2.05, 4.69) is 19.1 Å². The van der Waals surface area contributed by atoms with Crippen molar-refractivity contribution in [2.45, 2.75) is 84.0 Å². The summed E-state index contributed by atoms with van der Waals surface area (Å²) in [6.07, 6.45) is 11.7. The zero-order valence-corrected chi connectivity index (χ0v) is 35.5. The van der Waals surface area contributed by atoms with Gasteiger partial charge in [-0.15, -0.1) is 0 Å². The molecule has 0 unspecified atom stereocenters. The third-order valence-corrected chi connectivity index (χ3v) is 8.35. The normalized spacial score (nSPS) is 11.3. The Morgan fingerprint density at radius 1 is 0.414 bits per heavy atom. The summed E-state index contributed by atoms with van der Waals surface area (Å²) >= 11 is 0. The lowest BCUT2D eigenvalue weighted by atomic mass is 10.0. The summed E-state index contributed by atoms with van der Waals surface area (Å²) in [4.78, 5) is 21.9. The molecule has 1 rings (SSSR count). The van der Waals surface area contributed by atoms with Gasteiger partial charge in [0.05, 0.1) is 132 Å². The zero-order valence-electron chi connectivity index (χ0n) is 35.5. The van der Waals surface area contributed by atoms with Crippen LogP contribution >= 0.6 is 0 Å². The van der Waals surface area contributed by atoms with Crippen molar-refractivity contribution in [3.63, 3.8) is 0 Å². The molecule has 0 heterocycles. The number of carbonyl (C=O) groups is 2. The van der Waals surface area contributed by atoms with E-state index in [0.717, 1.165) is 12.2 Å². The Morgan fingerprint density at radius 2 is 0.759 bits per heavy atom. The quantitative estimate of drug-likeness (QED) is 0.0627. The molecular formula is C43H76O15. The van der Waals surface area contributed by atoms with E-state index in [9.17, 15) is 9.59 Å². The molecule has 1 N–H and O–H groups in total. The van der Waals surface area contributed by atoms with Crippen molar-refractivity contribution in [3.8, 4) is 5.75 Å². The standard InChI is InChI=1S/C43H76O15/c1-2-3-4-5-6-7-8-11-40-14-16-41(17-15-40)57-38-36-55-34-32-53-30-28-51-26-24-49-22-20-47-18-19-48-21-23-50-25-27-52-29-31-54-33-35-56-37-39-58-43(46)13-10-9-12-42(44)45/h14-17H,2-13,18-39H2,1H3,(H,44,45). The van der Waals surface area contributed by atoms with Crippen LogP contribution in [0.25, 0.3) is 0 Å². The maximum Gasteiger partial charge on any atom is 0.305 e. The molecule has 338 valence electrons. The molecule has 0 saturated heterocycles. The van der Waals surface area contributed by atoms with Crippen LogP contribution in [0.1, 0.15) is 83.1 Å². The van der Waals surface area contributed by atoms with Crippen LogP contribution < -0.4 is 4.74 Å². The van der Waals surface area contributed by atoms with Crippen molar-refractivity contribution in [1.29, 1.82) is 0 Å². The van der Waals surface area contributed by atoms with E-state index in [1.807, 2.05) is 12.1 Å². The molecule has 15 nitrogen and oxygen atoms in total. The molecule has 0 radical (unpaired) electrons. The SMILES string of the molecule is CCCCCCCCCc1ccc(OCCOCCOCCOCCOCCOCCOCCOCCOCCOCCOCCOC(=O)CCCCC(=O)O)cc1. The molecule has 0 fully saturated rings.